The van der Waals surface area contributed by atoms with Crippen molar-refractivity contribution in [3.8, 4) is 11.4 Å². The van der Waals surface area contributed by atoms with Crippen molar-refractivity contribution >= 4 is 5.82 Å². The van der Waals surface area contributed by atoms with E-state index in [4.69, 9.17) is 5.73 Å². The summed E-state index contributed by atoms with van der Waals surface area (Å²) >= 11 is 0. The summed E-state index contributed by atoms with van der Waals surface area (Å²) in [6.45, 7) is 4.13. The second-order valence-corrected chi connectivity index (χ2v) is 3.51. The van der Waals surface area contributed by atoms with Gasteiger partial charge < -0.3 is 10.7 Å². The second-order valence-electron chi connectivity index (χ2n) is 3.51. The number of nitrogens with one attached hydrogen (secondary N) is 1. The van der Waals surface area contributed by atoms with Gasteiger partial charge in [-0.3, -0.25) is 0 Å². The predicted molar refractivity (Wildman–Crippen MR) is 57.9 cm³/mol. The maximum absolute atomic E-state index is 5.59. The number of benzene rings is 1. The van der Waals surface area contributed by atoms with Crippen LogP contribution < -0.4 is 5.73 Å². The molecule has 2 rings (SSSR count). The van der Waals surface area contributed by atoms with Gasteiger partial charge in [0.2, 0.25) is 0 Å². The number of aryl methyl sites for hydroxylation is 2. The Kier molecular flexibility index (Phi) is 2.00. The van der Waals surface area contributed by atoms with Crippen LogP contribution in [0.25, 0.3) is 11.4 Å². The van der Waals surface area contributed by atoms with Gasteiger partial charge in [-0.15, -0.1) is 0 Å². The smallest absolute Gasteiger partial charge is 0.139 e. The molecule has 3 N–H and O–H groups in total. The van der Waals surface area contributed by atoms with Gasteiger partial charge in [0, 0.05) is 5.56 Å². The summed E-state index contributed by atoms with van der Waals surface area (Å²) < 4.78 is 0. The van der Waals surface area contributed by atoms with E-state index in [0.29, 0.717) is 5.82 Å². The molecule has 0 saturated carbocycles. The minimum Gasteiger partial charge on any atom is -0.384 e. The first-order valence-corrected chi connectivity index (χ1v) is 4.55. The van der Waals surface area contributed by atoms with Crippen molar-refractivity contribution in [2.24, 2.45) is 0 Å². The summed E-state index contributed by atoms with van der Waals surface area (Å²) in [6, 6.07) is 6.28. The molecular formula is C11H13N3. The Morgan fingerprint density at radius 2 is 2.07 bits per heavy atom. The minimum atomic E-state index is 0.598. The van der Waals surface area contributed by atoms with Crippen LogP contribution in [0.3, 0.4) is 0 Å². The average Bonchev–Trinajstić information content (AvgIpc) is 2.56. The van der Waals surface area contributed by atoms with Crippen LogP contribution in [0, 0.1) is 13.8 Å². The van der Waals surface area contributed by atoms with Gasteiger partial charge in [-0.2, -0.15) is 0 Å². The molecule has 0 aliphatic carbocycles. The third-order valence-electron chi connectivity index (χ3n) is 2.24. The molecule has 1 heterocycles. The van der Waals surface area contributed by atoms with Crippen LogP contribution in [0.15, 0.2) is 24.4 Å². The standard InChI is InChI=1S/C11H13N3/c1-7-3-4-8(2)9(5-7)11-13-6-10(12)14-11/h3-6H,12H2,1-2H3,(H,13,14). The molecule has 0 fully saturated rings. The molecule has 1 aromatic carbocycles. The second kappa shape index (κ2) is 3.18. The van der Waals surface area contributed by atoms with E-state index in [0.717, 1.165) is 11.4 Å². The molecule has 0 unspecified atom stereocenters. The fraction of sp³-hybridized carbons (Fsp3) is 0.182. The van der Waals surface area contributed by atoms with Crippen LogP contribution in [0.4, 0.5) is 5.82 Å². The topological polar surface area (TPSA) is 54.7 Å². The first kappa shape index (κ1) is 8.81. The van der Waals surface area contributed by atoms with Crippen molar-refractivity contribution in [1.82, 2.24) is 9.97 Å². The Morgan fingerprint density at radius 3 is 2.71 bits per heavy atom. The van der Waals surface area contributed by atoms with Crippen LogP contribution in [-0.4, -0.2) is 9.97 Å². The zero-order chi connectivity index (χ0) is 10.1. The zero-order valence-electron chi connectivity index (χ0n) is 8.33. The van der Waals surface area contributed by atoms with Crippen molar-refractivity contribution in [3.63, 3.8) is 0 Å². The lowest BCUT2D eigenvalue weighted by atomic mass is 10.1. The number of nitrogens with two attached hydrogens (primary N) is 1. The highest BCUT2D eigenvalue weighted by molar-refractivity contribution is 5.62. The lowest BCUT2D eigenvalue weighted by Crippen LogP contribution is -1.88. The third-order valence-corrected chi connectivity index (χ3v) is 2.24. The summed E-state index contributed by atoms with van der Waals surface area (Å²) in [5, 5.41) is 0. The number of aromatic amines is 1. The number of rotatable bonds is 1. The molecule has 0 spiro atoms. The van der Waals surface area contributed by atoms with Crippen LogP contribution in [0.2, 0.25) is 0 Å². The van der Waals surface area contributed by atoms with E-state index in [9.17, 15) is 0 Å². The lowest BCUT2D eigenvalue weighted by Gasteiger charge is -2.03. The highest BCUT2D eigenvalue weighted by Crippen LogP contribution is 2.21. The number of nitrogens with zero attached hydrogens (tertiary/aromatic N) is 1. The van der Waals surface area contributed by atoms with Gasteiger partial charge in [0.05, 0.1) is 6.20 Å². The summed E-state index contributed by atoms with van der Waals surface area (Å²) in [5.74, 6) is 1.43. The molecular weight excluding hydrogens is 174 g/mol. The Bertz CT molecular complexity index is 457. The Morgan fingerprint density at radius 1 is 1.29 bits per heavy atom. The lowest BCUT2D eigenvalue weighted by molar-refractivity contribution is 1.27. The number of hydrogen-bond acceptors (Lipinski definition) is 2. The maximum atomic E-state index is 5.59. The average molecular weight is 187 g/mol. The third kappa shape index (κ3) is 1.48. The van der Waals surface area contributed by atoms with Gasteiger partial charge in [0.25, 0.3) is 0 Å². The van der Waals surface area contributed by atoms with Crippen LogP contribution in [0.1, 0.15) is 11.1 Å². The SMILES string of the molecule is Cc1ccc(C)c(-c2ncc(N)[nH]2)c1. The molecule has 2 aromatic rings. The Balaban J connectivity index is 2.55. The first-order valence-electron chi connectivity index (χ1n) is 4.55. The molecule has 0 atom stereocenters. The highest BCUT2D eigenvalue weighted by Gasteiger charge is 2.04. The van der Waals surface area contributed by atoms with Crippen LogP contribution in [0.5, 0.6) is 0 Å². The molecule has 0 aliphatic rings. The van der Waals surface area contributed by atoms with Gasteiger partial charge >= 0.3 is 0 Å². The molecule has 0 radical (unpaired) electrons. The predicted octanol–water partition coefficient (Wildman–Crippen LogP) is 2.28. The minimum absolute atomic E-state index is 0.598. The van der Waals surface area contributed by atoms with Gasteiger partial charge in [-0.1, -0.05) is 17.7 Å². The van der Waals surface area contributed by atoms with Crippen LogP contribution in [-0.2, 0) is 0 Å². The normalized spacial score (nSPS) is 10.4. The monoisotopic (exact) mass is 187 g/mol. The maximum Gasteiger partial charge on any atom is 0.139 e. The number of aromatic nitrogens is 2. The Labute approximate surface area is 83.0 Å². The summed E-state index contributed by atoms with van der Waals surface area (Å²) in [6.07, 6.45) is 1.64. The molecule has 0 amide bonds. The van der Waals surface area contributed by atoms with Gasteiger partial charge in [-0.05, 0) is 25.5 Å². The summed E-state index contributed by atoms with van der Waals surface area (Å²) in [7, 11) is 0. The van der Waals surface area contributed by atoms with E-state index in [1.54, 1.807) is 6.20 Å². The largest absolute Gasteiger partial charge is 0.384 e. The van der Waals surface area contributed by atoms with E-state index in [1.165, 1.54) is 11.1 Å². The van der Waals surface area contributed by atoms with E-state index in [2.05, 4.69) is 42.0 Å². The fourth-order valence-corrected chi connectivity index (χ4v) is 1.46. The van der Waals surface area contributed by atoms with E-state index >= 15 is 0 Å². The van der Waals surface area contributed by atoms with Gasteiger partial charge in [0.1, 0.15) is 11.6 Å². The molecule has 14 heavy (non-hydrogen) atoms. The zero-order valence-corrected chi connectivity index (χ0v) is 8.33. The van der Waals surface area contributed by atoms with Crippen molar-refractivity contribution in [2.45, 2.75) is 13.8 Å². The van der Waals surface area contributed by atoms with Crippen LogP contribution >= 0.6 is 0 Å². The molecule has 72 valence electrons. The summed E-state index contributed by atoms with van der Waals surface area (Å²) in [5.41, 5.74) is 9.12. The number of imidazole rings is 1. The fourth-order valence-electron chi connectivity index (χ4n) is 1.46. The molecule has 3 nitrogen and oxygen atoms in total. The quantitative estimate of drug-likeness (QED) is 0.719. The van der Waals surface area contributed by atoms with E-state index < -0.39 is 0 Å². The van der Waals surface area contributed by atoms with Gasteiger partial charge in [-0.25, -0.2) is 4.98 Å². The van der Waals surface area contributed by atoms with Crippen molar-refractivity contribution in [1.29, 1.82) is 0 Å². The number of nitrogen functional groups attached to an aromatic ring is 1. The molecule has 0 bridgehead atoms. The number of H-pyrrole nitrogens is 1. The number of anilines is 1. The number of hydrogen-bond donors (Lipinski definition) is 2. The highest BCUT2D eigenvalue weighted by atomic mass is 15.0. The molecule has 0 saturated heterocycles. The Hall–Kier alpha value is -1.77. The summed E-state index contributed by atoms with van der Waals surface area (Å²) in [4.78, 5) is 7.23. The van der Waals surface area contributed by atoms with E-state index in [-0.39, 0.29) is 0 Å². The van der Waals surface area contributed by atoms with Gasteiger partial charge in [0.15, 0.2) is 0 Å². The first-order chi connectivity index (χ1) is 6.66. The van der Waals surface area contributed by atoms with E-state index in [1.807, 2.05) is 0 Å². The molecule has 3 heteroatoms. The van der Waals surface area contributed by atoms with Crippen molar-refractivity contribution in [2.75, 3.05) is 5.73 Å². The molecule has 0 aliphatic heterocycles. The van der Waals surface area contributed by atoms with Crippen molar-refractivity contribution in [3.05, 3.63) is 35.5 Å². The molecule has 1 aromatic heterocycles. The van der Waals surface area contributed by atoms with Crippen molar-refractivity contribution < 1.29 is 0 Å².